The number of hydrogen-bond donors (Lipinski definition) is 1. The third kappa shape index (κ3) is 3.52. The number of benzene rings is 3. The molecule has 1 nitrogen and oxygen atoms in total. The van der Waals surface area contributed by atoms with Crippen LogP contribution in [0.4, 0.5) is 0 Å². The molecule has 0 bridgehead atoms. The fraction of sp³-hybridized carbons (Fsp3) is 0.100. The van der Waals surface area contributed by atoms with E-state index < -0.39 is 0 Å². The minimum Gasteiger partial charge on any atom is -0.508 e. The van der Waals surface area contributed by atoms with E-state index >= 15 is 0 Å². The first kappa shape index (κ1) is 14.7. The number of thioether (sulfide) groups is 1. The summed E-state index contributed by atoms with van der Waals surface area (Å²) in [4.78, 5) is 0. The fourth-order valence-electron chi connectivity index (χ4n) is 2.46. The average Bonchev–Trinajstić information content (AvgIpc) is 2.58. The van der Waals surface area contributed by atoms with E-state index in [1.807, 2.05) is 54.2 Å². The number of phenolic OH excluding ortho intramolecular Hbond substituents is 1. The lowest BCUT2D eigenvalue weighted by molar-refractivity contribution is 0.469. The summed E-state index contributed by atoms with van der Waals surface area (Å²) < 4.78 is 0. The molecule has 0 saturated heterocycles. The Morgan fingerprint density at radius 3 is 2.00 bits per heavy atom. The molecule has 22 heavy (non-hydrogen) atoms. The molecule has 0 aliphatic carbocycles. The maximum atomic E-state index is 10.2. The van der Waals surface area contributed by atoms with Gasteiger partial charge in [0.1, 0.15) is 5.75 Å². The highest BCUT2D eigenvalue weighted by Crippen LogP contribution is 2.41. The molecule has 3 aromatic rings. The van der Waals surface area contributed by atoms with Gasteiger partial charge in [-0.15, -0.1) is 11.8 Å². The van der Waals surface area contributed by atoms with Crippen molar-refractivity contribution in [2.45, 2.75) is 11.0 Å². The second kappa shape index (κ2) is 7.19. The molecule has 0 unspecified atom stereocenters. The molecule has 2 heteroatoms. The molecule has 0 aromatic heterocycles. The summed E-state index contributed by atoms with van der Waals surface area (Å²) in [6.45, 7) is 0. The van der Waals surface area contributed by atoms with Gasteiger partial charge < -0.3 is 5.11 Å². The van der Waals surface area contributed by atoms with Crippen LogP contribution in [0.1, 0.15) is 21.9 Å². The van der Waals surface area contributed by atoms with Crippen LogP contribution in [0, 0.1) is 0 Å². The Hall–Kier alpha value is -2.19. The van der Waals surface area contributed by atoms with E-state index in [-0.39, 0.29) is 5.25 Å². The van der Waals surface area contributed by atoms with Crippen molar-refractivity contribution in [1.29, 1.82) is 0 Å². The Morgan fingerprint density at radius 2 is 1.32 bits per heavy atom. The zero-order chi connectivity index (χ0) is 15.2. The minimum absolute atomic E-state index is 0.127. The molecule has 0 fully saturated rings. The van der Waals surface area contributed by atoms with Crippen LogP contribution in [-0.4, -0.2) is 5.11 Å². The molecule has 1 N–H and O–H groups in total. The molecule has 1 atom stereocenters. The first-order valence-corrected chi connectivity index (χ1v) is 8.38. The normalized spacial score (nSPS) is 12.0. The summed E-state index contributed by atoms with van der Waals surface area (Å²) in [5, 5.41) is 10.4. The van der Waals surface area contributed by atoms with E-state index in [0.717, 1.165) is 11.3 Å². The van der Waals surface area contributed by atoms with Crippen LogP contribution >= 0.6 is 11.8 Å². The van der Waals surface area contributed by atoms with Gasteiger partial charge in [0.05, 0.1) is 5.25 Å². The predicted molar refractivity (Wildman–Crippen MR) is 94.1 cm³/mol. The Balaban J connectivity index is 1.89. The summed E-state index contributed by atoms with van der Waals surface area (Å²) in [7, 11) is 0. The van der Waals surface area contributed by atoms with E-state index in [1.54, 1.807) is 6.07 Å². The number of rotatable bonds is 5. The lowest BCUT2D eigenvalue weighted by Crippen LogP contribution is -1.98. The topological polar surface area (TPSA) is 20.2 Å². The minimum atomic E-state index is 0.127. The standard InChI is InChI=1S/C20H18OS/c21-19-14-8-7-13-18(19)20(17-11-5-2-6-12-17)22-15-16-9-3-1-4-10-16/h1-14,20-21H,15H2/t20-/m1/s1. The third-order valence-corrected chi connectivity index (χ3v) is 4.94. The average molecular weight is 306 g/mol. The molecule has 0 heterocycles. The zero-order valence-electron chi connectivity index (χ0n) is 12.2. The molecule has 0 amide bonds. The van der Waals surface area contributed by atoms with Gasteiger partial charge in [0, 0.05) is 11.3 Å². The van der Waals surface area contributed by atoms with Crippen molar-refractivity contribution in [3.05, 3.63) is 102 Å². The highest BCUT2D eigenvalue weighted by Gasteiger charge is 2.17. The van der Waals surface area contributed by atoms with Gasteiger partial charge in [0.2, 0.25) is 0 Å². The Kier molecular flexibility index (Phi) is 4.81. The first-order valence-electron chi connectivity index (χ1n) is 7.33. The molecular formula is C20H18OS. The van der Waals surface area contributed by atoms with Crippen LogP contribution in [0.15, 0.2) is 84.9 Å². The van der Waals surface area contributed by atoms with Crippen LogP contribution in [0.2, 0.25) is 0 Å². The van der Waals surface area contributed by atoms with Crippen molar-refractivity contribution in [3.8, 4) is 5.75 Å². The summed E-state index contributed by atoms with van der Waals surface area (Å²) >= 11 is 1.83. The Labute approximate surface area is 135 Å². The number of aromatic hydroxyl groups is 1. The molecule has 0 aliphatic rings. The van der Waals surface area contributed by atoms with Crippen molar-refractivity contribution in [2.24, 2.45) is 0 Å². The fourth-order valence-corrected chi connectivity index (χ4v) is 3.74. The van der Waals surface area contributed by atoms with Crippen LogP contribution < -0.4 is 0 Å². The van der Waals surface area contributed by atoms with E-state index in [4.69, 9.17) is 0 Å². The quantitative estimate of drug-likeness (QED) is 0.679. The highest BCUT2D eigenvalue weighted by molar-refractivity contribution is 7.98. The molecule has 0 radical (unpaired) electrons. The maximum Gasteiger partial charge on any atom is 0.120 e. The zero-order valence-corrected chi connectivity index (χ0v) is 13.0. The highest BCUT2D eigenvalue weighted by atomic mass is 32.2. The molecule has 3 aromatic carbocycles. The summed E-state index contributed by atoms with van der Waals surface area (Å²) in [5.74, 6) is 1.27. The van der Waals surface area contributed by atoms with Gasteiger partial charge in [-0.25, -0.2) is 0 Å². The van der Waals surface area contributed by atoms with Gasteiger partial charge in [-0.2, -0.15) is 0 Å². The van der Waals surface area contributed by atoms with Crippen molar-refractivity contribution in [3.63, 3.8) is 0 Å². The third-order valence-electron chi connectivity index (χ3n) is 3.58. The van der Waals surface area contributed by atoms with Crippen LogP contribution in [0.3, 0.4) is 0 Å². The van der Waals surface area contributed by atoms with E-state index in [1.165, 1.54) is 11.1 Å². The second-order valence-corrected chi connectivity index (χ2v) is 6.24. The Morgan fingerprint density at radius 1 is 0.727 bits per heavy atom. The summed E-state index contributed by atoms with van der Waals surface area (Å²) in [6.07, 6.45) is 0. The maximum absolute atomic E-state index is 10.2. The lowest BCUT2D eigenvalue weighted by atomic mass is 10.0. The molecule has 0 aliphatic heterocycles. The number of phenols is 1. The largest absolute Gasteiger partial charge is 0.508 e. The molecule has 0 saturated carbocycles. The van der Waals surface area contributed by atoms with Crippen molar-refractivity contribution < 1.29 is 5.11 Å². The van der Waals surface area contributed by atoms with E-state index in [2.05, 4.69) is 36.4 Å². The van der Waals surface area contributed by atoms with Crippen LogP contribution in [0.25, 0.3) is 0 Å². The monoisotopic (exact) mass is 306 g/mol. The molecule has 110 valence electrons. The van der Waals surface area contributed by atoms with E-state index in [0.29, 0.717) is 5.75 Å². The van der Waals surface area contributed by atoms with Crippen molar-refractivity contribution in [2.75, 3.05) is 0 Å². The summed E-state index contributed by atoms with van der Waals surface area (Å²) in [6, 6.07) is 28.4. The van der Waals surface area contributed by atoms with Gasteiger partial charge >= 0.3 is 0 Å². The molecule has 0 spiro atoms. The van der Waals surface area contributed by atoms with Gasteiger partial charge in [-0.1, -0.05) is 78.9 Å². The lowest BCUT2D eigenvalue weighted by Gasteiger charge is -2.19. The van der Waals surface area contributed by atoms with Crippen molar-refractivity contribution >= 4 is 11.8 Å². The second-order valence-electron chi connectivity index (χ2n) is 5.15. The summed E-state index contributed by atoms with van der Waals surface area (Å²) in [5.41, 5.74) is 3.48. The predicted octanol–water partition coefficient (Wildman–Crippen LogP) is 5.42. The Bertz CT molecular complexity index is 710. The van der Waals surface area contributed by atoms with Gasteiger partial charge in [-0.3, -0.25) is 0 Å². The van der Waals surface area contributed by atoms with Gasteiger partial charge in [0.25, 0.3) is 0 Å². The smallest absolute Gasteiger partial charge is 0.120 e. The SMILES string of the molecule is Oc1ccccc1[C@H](SCc1ccccc1)c1ccccc1. The number of hydrogen-bond acceptors (Lipinski definition) is 2. The van der Waals surface area contributed by atoms with Crippen LogP contribution in [0.5, 0.6) is 5.75 Å². The molecule has 3 rings (SSSR count). The van der Waals surface area contributed by atoms with Crippen LogP contribution in [-0.2, 0) is 5.75 Å². The first-order chi connectivity index (χ1) is 10.8. The number of para-hydroxylation sites is 1. The van der Waals surface area contributed by atoms with Gasteiger partial charge in [-0.05, 0) is 17.2 Å². The van der Waals surface area contributed by atoms with E-state index in [9.17, 15) is 5.11 Å². The van der Waals surface area contributed by atoms with Gasteiger partial charge in [0.15, 0.2) is 0 Å². The molecular weight excluding hydrogens is 288 g/mol. The van der Waals surface area contributed by atoms with Crippen molar-refractivity contribution in [1.82, 2.24) is 0 Å².